The number of carbonyl (C=O) groups is 4. The molecule has 0 saturated carbocycles. The van der Waals surface area contributed by atoms with Crippen LogP contribution in [0.2, 0.25) is 0 Å². The summed E-state index contributed by atoms with van der Waals surface area (Å²) >= 11 is 0. The summed E-state index contributed by atoms with van der Waals surface area (Å²) in [4.78, 5) is 54.0. The molecule has 3 aromatic carbocycles. The van der Waals surface area contributed by atoms with E-state index in [0.29, 0.717) is 11.4 Å². The van der Waals surface area contributed by atoms with Crippen LogP contribution in [0, 0.1) is 6.92 Å². The minimum absolute atomic E-state index is 0.0927. The number of nitrogens with zero attached hydrogens (tertiary/aromatic N) is 2. The van der Waals surface area contributed by atoms with Crippen LogP contribution in [0.1, 0.15) is 50.5 Å². The van der Waals surface area contributed by atoms with Gasteiger partial charge in [-0.25, -0.2) is 9.69 Å². The fourth-order valence-electron chi connectivity index (χ4n) is 4.00. The standard InChI is InChI=1S/C27H24N2O5/c1-17(2)28(20-10-5-4-6-11-20)24(30)16-34-27(33)19-13-14-21-22(15-19)26(32)29(25(21)31)23-12-8-7-9-18(23)3/h4-15,17H,16H2,1-3H3. The fourth-order valence-corrected chi connectivity index (χ4v) is 4.00. The van der Waals surface area contributed by atoms with Gasteiger partial charge in [0.25, 0.3) is 17.7 Å². The second kappa shape index (κ2) is 9.31. The summed E-state index contributed by atoms with van der Waals surface area (Å²) in [5.74, 6) is -2.06. The largest absolute Gasteiger partial charge is 0.452 e. The van der Waals surface area contributed by atoms with Gasteiger partial charge in [0.15, 0.2) is 6.61 Å². The lowest BCUT2D eigenvalue weighted by atomic mass is 10.1. The molecule has 0 fully saturated rings. The van der Waals surface area contributed by atoms with E-state index in [1.807, 2.05) is 63.2 Å². The Morgan fingerprint density at radius 2 is 1.53 bits per heavy atom. The number of hydrogen-bond acceptors (Lipinski definition) is 5. The Kier molecular flexibility index (Phi) is 6.27. The molecule has 0 saturated heterocycles. The van der Waals surface area contributed by atoms with E-state index in [1.165, 1.54) is 18.2 Å². The third-order valence-electron chi connectivity index (χ3n) is 5.62. The predicted octanol–water partition coefficient (Wildman–Crippen LogP) is 4.39. The molecule has 0 spiro atoms. The molecule has 3 amide bonds. The normalized spacial score (nSPS) is 12.6. The zero-order valence-corrected chi connectivity index (χ0v) is 19.1. The number of ether oxygens (including phenoxy) is 1. The molecule has 0 aromatic heterocycles. The van der Waals surface area contributed by atoms with Crippen molar-refractivity contribution in [2.45, 2.75) is 26.8 Å². The van der Waals surface area contributed by atoms with E-state index in [1.54, 1.807) is 17.0 Å². The number of fused-ring (bicyclic) bond motifs is 1. The van der Waals surface area contributed by atoms with Gasteiger partial charge < -0.3 is 9.64 Å². The Labute approximate surface area is 197 Å². The van der Waals surface area contributed by atoms with Crippen molar-refractivity contribution in [2.75, 3.05) is 16.4 Å². The number of esters is 1. The summed E-state index contributed by atoms with van der Waals surface area (Å²) in [6.07, 6.45) is 0. The average molecular weight is 456 g/mol. The first-order valence-corrected chi connectivity index (χ1v) is 10.9. The van der Waals surface area contributed by atoms with Gasteiger partial charge in [-0.2, -0.15) is 0 Å². The van der Waals surface area contributed by atoms with Crippen LogP contribution in [-0.4, -0.2) is 36.3 Å². The van der Waals surface area contributed by atoms with Crippen LogP contribution in [0.4, 0.5) is 11.4 Å². The van der Waals surface area contributed by atoms with Crippen LogP contribution in [0.5, 0.6) is 0 Å². The first kappa shape index (κ1) is 22.9. The lowest BCUT2D eigenvalue weighted by molar-refractivity contribution is -0.122. The zero-order valence-electron chi connectivity index (χ0n) is 19.1. The van der Waals surface area contributed by atoms with Gasteiger partial charge in [0, 0.05) is 11.7 Å². The number of para-hydroxylation sites is 2. The molecular weight excluding hydrogens is 432 g/mol. The van der Waals surface area contributed by atoms with E-state index in [-0.39, 0.29) is 28.6 Å². The first-order chi connectivity index (χ1) is 16.3. The molecule has 7 nitrogen and oxygen atoms in total. The summed E-state index contributed by atoms with van der Waals surface area (Å²) in [6, 6.07) is 20.3. The summed E-state index contributed by atoms with van der Waals surface area (Å²) in [7, 11) is 0. The third kappa shape index (κ3) is 4.20. The number of imide groups is 1. The minimum atomic E-state index is -0.748. The van der Waals surface area contributed by atoms with Gasteiger partial charge in [-0.1, -0.05) is 36.4 Å². The van der Waals surface area contributed by atoms with Crippen LogP contribution in [0.3, 0.4) is 0 Å². The van der Waals surface area contributed by atoms with E-state index in [4.69, 9.17) is 4.74 Å². The Morgan fingerprint density at radius 1 is 0.882 bits per heavy atom. The van der Waals surface area contributed by atoms with Gasteiger partial charge in [0.05, 0.1) is 22.4 Å². The molecule has 1 aliphatic rings. The van der Waals surface area contributed by atoms with Crippen LogP contribution in [0.15, 0.2) is 72.8 Å². The van der Waals surface area contributed by atoms with Gasteiger partial charge in [-0.05, 0) is 62.7 Å². The maximum absolute atomic E-state index is 13.0. The van der Waals surface area contributed by atoms with Gasteiger partial charge in [-0.3, -0.25) is 14.4 Å². The molecule has 1 heterocycles. The number of anilines is 2. The Morgan fingerprint density at radius 3 is 2.21 bits per heavy atom. The fraction of sp³-hybridized carbons (Fsp3) is 0.185. The van der Waals surface area contributed by atoms with Crippen molar-refractivity contribution >= 4 is 35.1 Å². The quantitative estimate of drug-likeness (QED) is 0.406. The number of amides is 3. The Bertz CT molecular complexity index is 1280. The van der Waals surface area contributed by atoms with Crippen molar-refractivity contribution in [1.82, 2.24) is 0 Å². The second-order valence-electron chi connectivity index (χ2n) is 8.26. The highest BCUT2D eigenvalue weighted by atomic mass is 16.5. The number of hydrogen-bond donors (Lipinski definition) is 0. The highest BCUT2D eigenvalue weighted by Crippen LogP contribution is 2.31. The van der Waals surface area contributed by atoms with E-state index in [9.17, 15) is 19.2 Å². The molecule has 7 heteroatoms. The summed E-state index contributed by atoms with van der Waals surface area (Å²) in [5.41, 5.74) is 2.42. The van der Waals surface area contributed by atoms with Crippen molar-refractivity contribution in [3.05, 3.63) is 95.1 Å². The van der Waals surface area contributed by atoms with Gasteiger partial charge in [0.1, 0.15) is 0 Å². The third-order valence-corrected chi connectivity index (χ3v) is 5.62. The molecule has 0 atom stereocenters. The van der Waals surface area contributed by atoms with Crippen molar-refractivity contribution < 1.29 is 23.9 Å². The smallest absolute Gasteiger partial charge is 0.338 e. The maximum Gasteiger partial charge on any atom is 0.338 e. The van der Waals surface area contributed by atoms with Crippen molar-refractivity contribution in [3.63, 3.8) is 0 Å². The first-order valence-electron chi connectivity index (χ1n) is 10.9. The van der Waals surface area contributed by atoms with E-state index >= 15 is 0 Å². The van der Waals surface area contributed by atoms with Crippen LogP contribution < -0.4 is 9.80 Å². The number of benzene rings is 3. The van der Waals surface area contributed by atoms with E-state index in [0.717, 1.165) is 10.5 Å². The topological polar surface area (TPSA) is 84.0 Å². The van der Waals surface area contributed by atoms with Gasteiger partial charge in [-0.15, -0.1) is 0 Å². The second-order valence-corrected chi connectivity index (χ2v) is 8.26. The predicted molar refractivity (Wildman–Crippen MR) is 128 cm³/mol. The zero-order chi connectivity index (χ0) is 24.4. The average Bonchev–Trinajstić information content (AvgIpc) is 3.08. The van der Waals surface area contributed by atoms with Crippen molar-refractivity contribution in [1.29, 1.82) is 0 Å². The van der Waals surface area contributed by atoms with Gasteiger partial charge in [0.2, 0.25) is 0 Å². The van der Waals surface area contributed by atoms with Crippen molar-refractivity contribution in [2.24, 2.45) is 0 Å². The Hall–Kier alpha value is -4.26. The molecular formula is C27H24N2O5. The molecule has 0 N–H and O–H groups in total. The SMILES string of the molecule is Cc1ccccc1N1C(=O)c2ccc(C(=O)OCC(=O)N(c3ccccc3)C(C)C)cc2C1=O. The van der Waals surface area contributed by atoms with Gasteiger partial charge >= 0.3 is 5.97 Å². The minimum Gasteiger partial charge on any atom is -0.452 e. The number of aryl methyl sites for hydroxylation is 1. The number of carbonyl (C=O) groups excluding carboxylic acids is 4. The lowest BCUT2D eigenvalue weighted by Crippen LogP contribution is -2.39. The summed E-state index contributed by atoms with van der Waals surface area (Å²) < 4.78 is 5.25. The van der Waals surface area contributed by atoms with Crippen LogP contribution in [0.25, 0.3) is 0 Å². The van der Waals surface area contributed by atoms with E-state index in [2.05, 4.69) is 0 Å². The highest BCUT2D eigenvalue weighted by molar-refractivity contribution is 6.35. The molecule has 4 rings (SSSR count). The van der Waals surface area contributed by atoms with E-state index < -0.39 is 24.4 Å². The molecule has 34 heavy (non-hydrogen) atoms. The molecule has 3 aromatic rings. The lowest BCUT2D eigenvalue weighted by Gasteiger charge is -2.26. The van der Waals surface area contributed by atoms with Crippen LogP contribution >= 0.6 is 0 Å². The summed E-state index contributed by atoms with van der Waals surface area (Å²) in [6.45, 7) is 5.10. The molecule has 0 aliphatic carbocycles. The summed E-state index contributed by atoms with van der Waals surface area (Å²) in [5, 5.41) is 0. The molecule has 172 valence electrons. The Balaban J connectivity index is 1.50. The monoisotopic (exact) mass is 456 g/mol. The maximum atomic E-state index is 13.0. The molecule has 1 aliphatic heterocycles. The number of rotatable bonds is 6. The molecule has 0 unspecified atom stereocenters. The molecule has 0 radical (unpaired) electrons. The van der Waals surface area contributed by atoms with Crippen LogP contribution in [-0.2, 0) is 9.53 Å². The van der Waals surface area contributed by atoms with Crippen molar-refractivity contribution in [3.8, 4) is 0 Å². The highest BCUT2D eigenvalue weighted by Gasteiger charge is 2.37. The molecule has 0 bridgehead atoms.